The Labute approximate surface area is 159 Å². The van der Waals surface area contributed by atoms with Gasteiger partial charge in [0.1, 0.15) is 5.54 Å². The molecule has 8 heteroatoms. The van der Waals surface area contributed by atoms with Crippen LogP contribution in [-0.4, -0.2) is 27.8 Å². The molecule has 4 amide bonds. The lowest BCUT2D eigenvalue weighted by molar-refractivity contribution is -0.132. The number of rotatable bonds is 3. The number of hydrazine groups is 1. The Hall–Kier alpha value is -3.94. The number of hydrogen-bond donors (Lipinski definition) is 3. The van der Waals surface area contributed by atoms with Gasteiger partial charge in [-0.25, -0.2) is 4.79 Å². The molecule has 2 heterocycles. The lowest BCUT2D eigenvalue weighted by Gasteiger charge is -2.22. The van der Waals surface area contributed by atoms with Crippen LogP contribution in [0.15, 0.2) is 65.5 Å². The molecule has 3 N–H and O–H groups in total. The zero-order valence-electron chi connectivity index (χ0n) is 14.9. The monoisotopic (exact) mass is 376 g/mol. The first-order valence-corrected chi connectivity index (χ1v) is 8.55. The molecule has 8 nitrogen and oxygen atoms in total. The number of benzene rings is 2. The van der Waals surface area contributed by atoms with Crippen molar-refractivity contribution in [2.75, 3.05) is 0 Å². The summed E-state index contributed by atoms with van der Waals surface area (Å²) < 4.78 is 0. The lowest BCUT2D eigenvalue weighted by Crippen LogP contribution is -2.48. The van der Waals surface area contributed by atoms with Crippen molar-refractivity contribution in [1.82, 2.24) is 20.7 Å². The van der Waals surface area contributed by atoms with Crippen molar-refractivity contribution in [1.29, 1.82) is 0 Å². The van der Waals surface area contributed by atoms with E-state index in [9.17, 15) is 19.2 Å². The fraction of sp³-hybridized carbons (Fsp3) is 0.100. The minimum absolute atomic E-state index is 0.0632. The molecule has 1 saturated heterocycles. The molecule has 1 aromatic heterocycles. The van der Waals surface area contributed by atoms with Crippen LogP contribution in [0.2, 0.25) is 0 Å². The second-order valence-corrected chi connectivity index (χ2v) is 6.60. The SMILES string of the molecule is CC1(c2ccccc2)NC(=O)N(NC(=O)c2cc(=O)[nH]c3ccccc23)C1=O. The van der Waals surface area contributed by atoms with Crippen LogP contribution in [0.1, 0.15) is 22.8 Å². The number of nitrogens with one attached hydrogen (secondary N) is 3. The van der Waals surface area contributed by atoms with Gasteiger partial charge in [0.15, 0.2) is 0 Å². The second kappa shape index (κ2) is 6.34. The number of carbonyl (C=O) groups is 3. The summed E-state index contributed by atoms with van der Waals surface area (Å²) in [6.07, 6.45) is 0. The van der Waals surface area contributed by atoms with E-state index in [-0.39, 0.29) is 5.56 Å². The predicted molar refractivity (Wildman–Crippen MR) is 101 cm³/mol. The van der Waals surface area contributed by atoms with Gasteiger partial charge < -0.3 is 10.3 Å². The van der Waals surface area contributed by atoms with E-state index in [1.165, 1.54) is 0 Å². The van der Waals surface area contributed by atoms with E-state index in [4.69, 9.17) is 0 Å². The van der Waals surface area contributed by atoms with Gasteiger partial charge >= 0.3 is 6.03 Å². The largest absolute Gasteiger partial charge is 0.344 e. The van der Waals surface area contributed by atoms with Crippen LogP contribution >= 0.6 is 0 Å². The highest BCUT2D eigenvalue weighted by atomic mass is 16.2. The third-order valence-corrected chi connectivity index (χ3v) is 4.75. The van der Waals surface area contributed by atoms with Crippen LogP contribution in [0.4, 0.5) is 4.79 Å². The van der Waals surface area contributed by atoms with Gasteiger partial charge in [0.2, 0.25) is 5.56 Å². The number of hydrogen-bond acceptors (Lipinski definition) is 4. The van der Waals surface area contributed by atoms with Gasteiger partial charge in [0.25, 0.3) is 11.8 Å². The maximum atomic E-state index is 12.9. The first-order valence-electron chi connectivity index (χ1n) is 8.55. The van der Waals surface area contributed by atoms with Gasteiger partial charge in [0, 0.05) is 17.0 Å². The number of pyridine rings is 1. The number of aromatic amines is 1. The normalized spacial score (nSPS) is 19.0. The average Bonchev–Trinajstić information content (AvgIpc) is 2.92. The van der Waals surface area contributed by atoms with E-state index >= 15 is 0 Å². The van der Waals surface area contributed by atoms with Crippen LogP contribution in [0.3, 0.4) is 0 Å². The van der Waals surface area contributed by atoms with Crippen LogP contribution in [0, 0.1) is 0 Å². The molecule has 1 aliphatic heterocycles. The first kappa shape index (κ1) is 17.5. The maximum Gasteiger partial charge on any atom is 0.344 e. The summed E-state index contributed by atoms with van der Waals surface area (Å²) >= 11 is 0. The molecule has 0 spiro atoms. The van der Waals surface area contributed by atoms with Crippen LogP contribution in [0.5, 0.6) is 0 Å². The number of nitrogens with zero attached hydrogens (tertiary/aromatic N) is 1. The number of fused-ring (bicyclic) bond motifs is 1. The summed E-state index contributed by atoms with van der Waals surface area (Å²) in [5.41, 5.74) is 1.68. The number of amides is 4. The number of carbonyl (C=O) groups excluding carboxylic acids is 3. The highest BCUT2D eigenvalue weighted by molar-refractivity contribution is 6.11. The topological polar surface area (TPSA) is 111 Å². The van der Waals surface area contributed by atoms with Crippen molar-refractivity contribution < 1.29 is 14.4 Å². The van der Waals surface area contributed by atoms with E-state index in [2.05, 4.69) is 15.7 Å². The van der Waals surface area contributed by atoms with Crippen molar-refractivity contribution in [2.45, 2.75) is 12.5 Å². The molecule has 28 heavy (non-hydrogen) atoms. The average molecular weight is 376 g/mol. The van der Waals surface area contributed by atoms with Gasteiger partial charge in [0.05, 0.1) is 5.56 Å². The van der Waals surface area contributed by atoms with Crippen molar-refractivity contribution in [3.63, 3.8) is 0 Å². The molecule has 2 aromatic carbocycles. The highest BCUT2D eigenvalue weighted by Crippen LogP contribution is 2.27. The molecule has 1 fully saturated rings. The Morgan fingerprint density at radius 2 is 1.68 bits per heavy atom. The second-order valence-electron chi connectivity index (χ2n) is 6.60. The molecule has 4 rings (SSSR count). The molecular formula is C20H16N4O4. The van der Waals surface area contributed by atoms with E-state index < -0.39 is 28.9 Å². The number of urea groups is 1. The quantitative estimate of drug-likeness (QED) is 0.603. The van der Waals surface area contributed by atoms with Crippen molar-refractivity contribution in [3.05, 3.63) is 82.1 Å². The standard InChI is InChI=1S/C20H16N4O4/c1-20(12-7-3-2-4-8-12)18(27)24(19(28)22-20)23-17(26)14-11-16(25)21-15-10-6-5-9-13(14)15/h2-11H,1H3,(H,21,25)(H,22,28)(H,23,26). The summed E-state index contributed by atoms with van der Waals surface area (Å²) in [6.45, 7) is 1.57. The van der Waals surface area contributed by atoms with Gasteiger partial charge in [-0.15, -0.1) is 0 Å². The van der Waals surface area contributed by atoms with Crippen LogP contribution < -0.4 is 16.3 Å². The number of aromatic nitrogens is 1. The van der Waals surface area contributed by atoms with E-state index in [0.717, 1.165) is 6.07 Å². The molecule has 0 bridgehead atoms. The van der Waals surface area contributed by atoms with Crippen LogP contribution in [0.25, 0.3) is 10.9 Å². The first-order chi connectivity index (χ1) is 13.4. The smallest absolute Gasteiger partial charge is 0.322 e. The van der Waals surface area contributed by atoms with Gasteiger partial charge in [-0.2, -0.15) is 5.01 Å². The summed E-state index contributed by atoms with van der Waals surface area (Å²) in [5, 5.41) is 3.75. The minimum Gasteiger partial charge on any atom is -0.322 e. The molecule has 0 aliphatic carbocycles. The highest BCUT2D eigenvalue weighted by Gasteiger charge is 2.50. The van der Waals surface area contributed by atoms with Crippen molar-refractivity contribution in [3.8, 4) is 0 Å². The Morgan fingerprint density at radius 3 is 2.43 bits per heavy atom. The van der Waals surface area contributed by atoms with Crippen molar-refractivity contribution >= 4 is 28.7 Å². The van der Waals surface area contributed by atoms with Crippen molar-refractivity contribution in [2.24, 2.45) is 0 Å². The Morgan fingerprint density at radius 1 is 1.00 bits per heavy atom. The minimum atomic E-state index is -1.30. The van der Waals surface area contributed by atoms with Gasteiger partial charge in [-0.3, -0.25) is 19.8 Å². The molecule has 140 valence electrons. The summed E-state index contributed by atoms with van der Waals surface area (Å²) in [4.78, 5) is 52.5. The molecule has 0 radical (unpaired) electrons. The Kier molecular flexibility index (Phi) is 3.96. The maximum absolute atomic E-state index is 12.9. The molecule has 1 atom stereocenters. The van der Waals surface area contributed by atoms with E-state index in [1.807, 2.05) is 0 Å². The lowest BCUT2D eigenvalue weighted by atomic mass is 9.92. The fourth-order valence-corrected chi connectivity index (χ4v) is 3.26. The molecule has 3 aromatic rings. The van der Waals surface area contributed by atoms with Gasteiger partial charge in [-0.05, 0) is 18.6 Å². The fourth-order valence-electron chi connectivity index (χ4n) is 3.26. The van der Waals surface area contributed by atoms with E-state index in [1.54, 1.807) is 61.5 Å². The number of H-pyrrole nitrogens is 1. The molecular weight excluding hydrogens is 360 g/mol. The summed E-state index contributed by atoms with van der Waals surface area (Å²) in [5.74, 6) is -1.35. The van der Waals surface area contributed by atoms with Crippen LogP contribution in [-0.2, 0) is 10.3 Å². The third-order valence-electron chi connectivity index (χ3n) is 4.75. The zero-order chi connectivity index (χ0) is 19.9. The third kappa shape index (κ3) is 2.71. The Balaban J connectivity index is 1.67. The predicted octanol–water partition coefficient (Wildman–Crippen LogP) is 1.64. The molecule has 0 saturated carbocycles. The van der Waals surface area contributed by atoms with E-state index in [0.29, 0.717) is 21.5 Å². The molecule has 1 unspecified atom stereocenters. The summed E-state index contributed by atoms with van der Waals surface area (Å²) in [7, 11) is 0. The number of imide groups is 1. The summed E-state index contributed by atoms with van der Waals surface area (Å²) in [6, 6.07) is 15.9. The Bertz CT molecular complexity index is 1170. The molecule has 1 aliphatic rings. The zero-order valence-corrected chi connectivity index (χ0v) is 14.9. The van der Waals surface area contributed by atoms with Gasteiger partial charge in [-0.1, -0.05) is 48.5 Å². The number of para-hydroxylation sites is 1.